The first-order chi connectivity index (χ1) is 22.3. The lowest BCUT2D eigenvalue weighted by atomic mass is 9.95. The molecule has 47 heavy (non-hydrogen) atoms. The minimum absolute atomic E-state index is 0.00881. The van der Waals surface area contributed by atoms with Crippen LogP contribution in [0.2, 0.25) is 5.02 Å². The van der Waals surface area contributed by atoms with Crippen molar-refractivity contribution in [3.63, 3.8) is 0 Å². The van der Waals surface area contributed by atoms with E-state index in [9.17, 15) is 22.5 Å². The van der Waals surface area contributed by atoms with Gasteiger partial charge in [0.1, 0.15) is 57.4 Å². The summed E-state index contributed by atoms with van der Waals surface area (Å²) in [7, 11) is -3.41. The van der Waals surface area contributed by atoms with Gasteiger partial charge in [0, 0.05) is 36.7 Å². The number of nitrogen functional groups attached to an aromatic ring is 1. The fraction of sp³-hybridized carbons (Fsp3) is 0.452. The number of aromatic nitrogens is 2. The topological polar surface area (TPSA) is 135 Å². The summed E-state index contributed by atoms with van der Waals surface area (Å²) in [5, 5.41) is 10.0. The number of benzene rings is 2. The molecule has 0 saturated carbocycles. The summed E-state index contributed by atoms with van der Waals surface area (Å²) in [6.07, 6.45) is 2.03. The van der Waals surface area contributed by atoms with Crippen LogP contribution >= 0.6 is 22.9 Å². The van der Waals surface area contributed by atoms with E-state index in [0.29, 0.717) is 13.0 Å². The van der Waals surface area contributed by atoms with Crippen LogP contribution in [-0.4, -0.2) is 85.9 Å². The summed E-state index contributed by atoms with van der Waals surface area (Å²) < 4.78 is 83.3. The van der Waals surface area contributed by atoms with E-state index >= 15 is 4.39 Å². The van der Waals surface area contributed by atoms with E-state index < -0.39 is 39.2 Å². The number of ether oxygens (including phenoxy) is 2. The minimum Gasteiger partial charge on any atom is -0.489 e. The summed E-state index contributed by atoms with van der Waals surface area (Å²) >= 11 is 7.81. The van der Waals surface area contributed by atoms with Gasteiger partial charge in [-0.2, -0.15) is 15.2 Å². The lowest BCUT2D eigenvalue weighted by Gasteiger charge is -2.31. The van der Waals surface area contributed by atoms with E-state index in [1.165, 1.54) is 6.07 Å². The molecule has 0 unspecified atom stereocenters. The molecular formula is C31H30ClF3N6O4S2. The third-order valence-electron chi connectivity index (χ3n) is 9.35. The third kappa shape index (κ3) is 5.29. The zero-order valence-corrected chi connectivity index (χ0v) is 27.8. The zero-order chi connectivity index (χ0) is 33.4. The fourth-order valence-corrected chi connectivity index (χ4v) is 8.94. The molecule has 5 heterocycles. The highest BCUT2D eigenvalue weighted by molar-refractivity contribution is 7.90. The first-order valence-electron chi connectivity index (χ1n) is 15.0. The van der Waals surface area contributed by atoms with Crippen LogP contribution in [0.15, 0.2) is 12.1 Å². The Morgan fingerprint density at radius 3 is 2.83 bits per heavy atom. The van der Waals surface area contributed by atoms with Gasteiger partial charge in [-0.3, -0.25) is 4.90 Å². The number of nitrogens with zero attached hydrogens (tertiary/aromatic N) is 5. The first-order valence-corrected chi connectivity index (χ1v) is 18.3. The van der Waals surface area contributed by atoms with Crippen LogP contribution in [0.3, 0.4) is 0 Å². The highest BCUT2D eigenvalue weighted by atomic mass is 35.5. The zero-order valence-electron chi connectivity index (χ0n) is 25.4. The summed E-state index contributed by atoms with van der Waals surface area (Å²) in [6.45, 7) is 2.96. The first kappa shape index (κ1) is 32.0. The van der Waals surface area contributed by atoms with Crippen molar-refractivity contribution in [1.82, 2.24) is 14.9 Å². The highest BCUT2D eigenvalue weighted by Gasteiger charge is 2.49. The Hall–Kier alpha value is -3.58. The second-order valence-corrected chi connectivity index (χ2v) is 16.2. The predicted molar refractivity (Wildman–Crippen MR) is 175 cm³/mol. The van der Waals surface area contributed by atoms with E-state index in [4.69, 9.17) is 26.8 Å². The van der Waals surface area contributed by atoms with E-state index in [1.807, 2.05) is 6.07 Å². The molecule has 0 amide bonds. The fourth-order valence-electron chi connectivity index (χ4n) is 7.13. The number of hydrogen-bond acceptors (Lipinski definition) is 11. The number of alkyl halides is 1. The van der Waals surface area contributed by atoms with Gasteiger partial charge >= 0.3 is 6.01 Å². The van der Waals surface area contributed by atoms with E-state index in [0.717, 1.165) is 43.0 Å². The van der Waals surface area contributed by atoms with Crippen LogP contribution in [0.25, 0.3) is 32.1 Å². The van der Waals surface area contributed by atoms with Crippen molar-refractivity contribution in [2.24, 2.45) is 0 Å². The summed E-state index contributed by atoms with van der Waals surface area (Å²) in [5.41, 5.74) is 5.20. The number of rotatable bonds is 7. The molecule has 0 radical (unpaired) electrons. The average Bonchev–Trinajstić information content (AvgIpc) is 3.62. The van der Waals surface area contributed by atoms with Gasteiger partial charge in [0.25, 0.3) is 0 Å². The smallest absolute Gasteiger partial charge is 0.319 e. The number of halogens is 4. The number of nitriles is 1. The lowest BCUT2D eigenvalue weighted by molar-refractivity contribution is 0.107. The van der Waals surface area contributed by atoms with Crippen molar-refractivity contribution in [2.75, 3.05) is 55.5 Å². The van der Waals surface area contributed by atoms with Crippen LogP contribution in [0.5, 0.6) is 11.8 Å². The Morgan fingerprint density at radius 1 is 1.30 bits per heavy atom. The Bertz CT molecular complexity index is 2110. The number of thiophene rings is 1. The van der Waals surface area contributed by atoms with Gasteiger partial charge in [-0.1, -0.05) is 17.7 Å². The van der Waals surface area contributed by atoms with Gasteiger partial charge in [-0.25, -0.2) is 21.6 Å². The third-order valence-corrected chi connectivity index (χ3v) is 11.7. The normalized spacial score (nSPS) is 22.8. The van der Waals surface area contributed by atoms with Crippen molar-refractivity contribution in [2.45, 2.75) is 43.9 Å². The molecule has 248 valence electrons. The minimum atomic E-state index is -3.41. The van der Waals surface area contributed by atoms with Crippen LogP contribution in [0.1, 0.15) is 31.7 Å². The molecule has 3 atom stereocenters. The molecule has 2 saturated heterocycles. The molecule has 10 nitrogen and oxygen atoms in total. The van der Waals surface area contributed by atoms with Gasteiger partial charge < -0.3 is 20.1 Å². The molecule has 7 rings (SSSR count). The van der Waals surface area contributed by atoms with E-state index in [1.54, 1.807) is 11.8 Å². The van der Waals surface area contributed by atoms with E-state index in [2.05, 4.69) is 14.9 Å². The number of nitrogens with two attached hydrogens (primary N) is 1. The van der Waals surface area contributed by atoms with Crippen LogP contribution in [0.4, 0.5) is 24.0 Å². The van der Waals surface area contributed by atoms with Crippen LogP contribution in [0, 0.1) is 23.0 Å². The maximum atomic E-state index is 17.1. The molecule has 2 aromatic heterocycles. The van der Waals surface area contributed by atoms with Crippen molar-refractivity contribution < 1.29 is 31.1 Å². The Kier molecular flexibility index (Phi) is 7.85. The summed E-state index contributed by atoms with van der Waals surface area (Å²) in [6, 6.07) is 3.84. The van der Waals surface area contributed by atoms with Gasteiger partial charge in [-0.05, 0) is 37.9 Å². The Morgan fingerprint density at radius 2 is 2.09 bits per heavy atom. The number of hydrogen-bond donors (Lipinski definition) is 1. The molecule has 0 aliphatic carbocycles. The molecular weight excluding hydrogens is 677 g/mol. The van der Waals surface area contributed by atoms with Crippen molar-refractivity contribution in [3.8, 4) is 29.0 Å². The largest absolute Gasteiger partial charge is 0.489 e. The van der Waals surface area contributed by atoms with Crippen molar-refractivity contribution in [1.29, 1.82) is 5.26 Å². The molecule has 0 spiro atoms. The number of anilines is 2. The van der Waals surface area contributed by atoms with Gasteiger partial charge in [-0.15, -0.1) is 11.3 Å². The Balaban J connectivity index is 1.46. The average molecular weight is 707 g/mol. The van der Waals surface area contributed by atoms with Crippen molar-refractivity contribution >= 4 is 64.6 Å². The van der Waals surface area contributed by atoms with Gasteiger partial charge in [0.05, 0.1) is 38.0 Å². The van der Waals surface area contributed by atoms with Gasteiger partial charge in [0.15, 0.2) is 11.6 Å². The van der Waals surface area contributed by atoms with Crippen LogP contribution < -0.4 is 20.1 Å². The monoisotopic (exact) mass is 706 g/mol. The molecule has 4 aromatic rings. The Labute approximate surface area is 277 Å². The van der Waals surface area contributed by atoms with Crippen molar-refractivity contribution in [3.05, 3.63) is 34.4 Å². The number of fused-ring (bicyclic) bond motifs is 2. The second-order valence-electron chi connectivity index (χ2n) is 12.5. The standard InChI is InChI=1S/C31H30ClF3N6O4S2/c1-15-13-44-26-22-25(24(35)21(23(26)32)17-4-5-19(34)27-20(17)18(11-36)28(37)46-27)38-30(39-29(22)41(15)8-9-47(2,42)43)45-14-31-6-3-7-40(31)12-16(33)10-31/h4-5,15-16H,3,6-10,12-14,37H2,1-2H3/t15-,16+,31-/m0/s1. The van der Waals surface area contributed by atoms with E-state index in [-0.39, 0.29) is 90.8 Å². The SMILES string of the molecule is C[C@H]1COc2c(Cl)c(-c3ccc(F)c4sc(N)c(C#N)c34)c(F)c3nc(OC[C@@]45CCCN4C[C@H](F)C5)nc(c23)N1CCS(C)(=O)=O. The number of sulfone groups is 1. The molecule has 16 heteroatoms. The summed E-state index contributed by atoms with van der Waals surface area (Å²) in [5.74, 6) is -1.55. The maximum absolute atomic E-state index is 17.1. The van der Waals surface area contributed by atoms with Gasteiger partial charge in [0.2, 0.25) is 0 Å². The predicted octanol–water partition coefficient (Wildman–Crippen LogP) is 5.48. The molecule has 0 bridgehead atoms. The van der Waals surface area contributed by atoms with Crippen LogP contribution in [-0.2, 0) is 9.84 Å². The lowest BCUT2D eigenvalue weighted by Crippen LogP contribution is -2.43. The molecule has 2 fully saturated rings. The maximum Gasteiger partial charge on any atom is 0.319 e. The second kappa shape index (κ2) is 11.5. The molecule has 3 aliphatic heterocycles. The molecule has 2 aromatic carbocycles. The summed E-state index contributed by atoms with van der Waals surface area (Å²) in [4.78, 5) is 12.9. The highest BCUT2D eigenvalue weighted by Crippen LogP contribution is 2.51. The molecule has 2 N–H and O–H groups in total. The molecule has 3 aliphatic rings. The quantitative estimate of drug-likeness (QED) is 0.263.